The Labute approximate surface area is 105 Å². The van der Waals surface area contributed by atoms with E-state index >= 15 is 0 Å². The molecule has 0 aliphatic rings. The molecule has 0 unspecified atom stereocenters. The molecule has 0 saturated heterocycles. The number of nitrogen functional groups attached to an aromatic ring is 1. The van der Waals surface area contributed by atoms with Crippen LogP contribution in [0.15, 0.2) is 12.4 Å². The molecular formula is C11H16N6O. The minimum atomic E-state index is -0.227. The molecule has 7 heteroatoms. The average molecular weight is 248 g/mol. The molecule has 0 bridgehead atoms. The number of carbonyl (C=O) groups is 1. The first-order chi connectivity index (χ1) is 8.52. The maximum absolute atomic E-state index is 12.1. The number of aromatic nitrogens is 4. The first-order valence-corrected chi connectivity index (χ1v) is 5.64. The van der Waals surface area contributed by atoms with Gasteiger partial charge in [0.15, 0.2) is 5.82 Å². The van der Waals surface area contributed by atoms with E-state index in [9.17, 15) is 4.79 Å². The fraction of sp³-hybridized carbons (Fsp3) is 0.364. The van der Waals surface area contributed by atoms with Crippen molar-refractivity contribution < 1.29 is 4.79 Å². The molecule has 2 aromatic rings. The molecule has 0 fully saturated rings. The number of hydrogen-bond donors (Lipinski definition) is 2. The Kier molecular flexibility index (Phi) is 3.05. The van der Waals surface area contributed by atoms with Gasteiger partial charge in [0.2, 0.25) is 0 Å². The summed E-state index contributed by atoms with van der Waals surface area (Å²) in [4.78, 5) is 12.1. The molecule has 2 heterocycles. The number of nitrogens with zero attached hydrogens (tertiary/aromatic N) is 4. The van der Waals surface area contributed by atoms with Crippen LogP contribution in [0, 0.1) is 0 Å². The summed E-state index contributed by atoms with van der Waals surface area (Å²) in [6.07, 6.45) is 3.89. The Bertz CT molecular complexity index is 563. The van der Waals surface area contributed by atoms with Crippen LogP contribution in [0.25, 0.3) is 0 Å². The molecule has 18 heavy (non-hydrogen) atoms. The molecule has 0 spiro atoms. The van der Waals surface area contributed by atoms with Crippen molar-refractivity contribution in [3.63, 3.8) is 0 Å². The summed E-state index contributed by atoms with van der Waals surface area (Å²) in [6.45, 7) is 1.96. The number of amides is 1. The van der Waals surface area contributed by atoms with Gasteiger partial charge in [0, 0.05) is 20.3 Å². The second kappa shape index (κ2) is 4.52. The number of nitrogens with two attached hydrogens (primary N) is 1. The molecule has 3 N–H and O–H groups in total. The van der Waals surface area contributed by atoms with E-state index in [2.05, 4.69) is 15.5 Å². The SMILES string of the molecule is CCc1nn(C)cc1C(=O)Nc1c(N)cnn1C. The van der Waals surface area contributed by atoms with E-state index < -0.39 is 0 Å². The van der Waals surface area contributed by atoms with Crippen LogP contribution < -0.4 is 11.1 Å². The highest BCUT2D eigenvalue weighted by atomic mass is 16.1. The highest BCUT2D eigenvalue weighted by molar-refractivity contribution is 6.05. The molecule has 7 nitrogen and oxygen atoms in total. The number of rotatable bonds is 3. The van der Waals surface area contributed by atoms with Gasteiger partial charge in [-0.2, -0.15) is 10.2 Å². The molecule has 1 amide bonds. The molecule has 0 aliphatic carbocycles. The molecule has 96 valence electrons. The van der Waals surface area contributed by atoms with Crippen molar-refractivity contribution in [3.8, 4) is 0 Å². The topological polar surface area (TPSA) is 90.8 Å². The van der Waals surface area contributed by atoms with Crippen molar-refractivity contribution in [2.24, 2.45) is 14.1 Å². The molecule has 0 radical (unpaired) electrons. The zero-order valence-corrected chi connectivity index (χ0v) is 10.6. The van der Waals surface area contributed by atoms with Gasteiger partial charge in [-0.1, -0.05) is 6.92 Å². The van der Waals surface area contributed by atoms with E-state index in [0.29, 0.717) is 23.5 Å². The van der Waals surface area contributed by atoms with E-state index in [1.807, 2.05) is 6.92 Å². The van der Waals surface area contributed by atoms with E-state index in [1.54, 1.807) is 25.0 Å². The molecule has 0 saturated carbocycles. The van der Waals surface area contributed by atoms with Gasteiger partial charge in [-0.25, -0.2) is 0 Å². The van der Waals surface area contributed by atoms with Crippen molar-refractivity contribution >= 4 is 17.4 Å². The van der Waals surface area contributed by atoms with Crippen molar-refractivity contribution in [2.45, 2.75) is 13.3 Å². The molecule has 2 aromatic heterocycles. The van der Waals surface area contributed by atoms with Crippen LogP contribution in [0.4, 0.5) is 11.5 Å². The van der Waals surface area contributed by atoms with Crippen molar-refractivity contribution in [1.29, 1.82) is 0 Å². The zero-order chi connectivity index (χ0) is 13.3. The molecule has 0 atom stereocenters. The number of aryl methyl sites for hydroxylation is 3. The van der Waals surface area contributed by atoms with Crippen molar-refractivity contribution in [3.05, 3.63) is 23.7 Å². The number of nitrogens with one attached hydrogen (secondary N) is 1. The third-order valence-electron chi connectivity index (χ3n) is 2.68. The lowest BCUT2D eigenvalue weighted by atomic mass is 10.2. The lowest BCUT2D eigenvalue weighted by molar-refractivity contribution is 0.102. The predicted molar refractivity (Wildman–Crippen MR) is 68.2 cm³/mol. The largest absolute Gasteiger partial charge is 0.394 e. The van der Waals surface area contributed by atoms with E-state index in [1.165, 1.54) is 10.9 Å². The van der Waals surface area contributed by atoms with E-state index in [4.69, 9.17) is 5.73 Å². The van der Waals surface area contributed by atoms with Crippen LogP contribution >= 0.6 is 0 Å². The number of anilines is 2. The van der Waals surface area contributed by atoms with Gasteiger partial charge in [0.1, 0.15) is 0 Å². The maximum Gasteiger partial charge on any atom is 0.260 e. The van der Waals surface area contributed by atoms with Gasteiger partial charge in [-0.05, 0) is 6.42 Å². The molecule has 0 aliphatic heterocycles. The van der Waals surface area contributed by atoms with Crippen LogP contribution in [0.3, 0.4) is 0 Å². The van der Waals surface area contributed by atoms with Crippen LogP contribution in [-0.4, -0.2) is 25.5 Å². The minimum Gasteiger partial charge on any atom is -0.394 e. The Hall–Kier alpha value is -2.31. The van der Waals surface area contributed by atoms with Gasteiger partial charge in [0.25, 0.3) is 5.91 Å². The summed E-state index contributed by atoms with van der Waals surface area (Å²) in [7, 11) is 3.50. The summed E-state index contributed by atoms with van der Waals surface area (Å²) in [5.74, 6) is 0.265. The fourth-order valence-corrected chi connectivity index (χ4v) is 1.77. The summed E-state index contributed by atoms with van der Waals surface area (Å²) in [6, 6.07) is 0. The lowest BCUT2D eigenvalue weighted by Gasteiger charge is -2.05. The lowest BCUT2D eigenvalue weighted by Crippen LogP contribution is -2.16. The monoisotopic (exact) mass is 248 g/mol. The van der Waals surface area contributed by atoms with Gasteiger partial charge in [0.05, 0.1) is 23.1 Å². The fourth-order valence-electron chi connectivity index (χ4n) is 1.77. The van der Waals surface area contributed by atoms with Gasteiger partial charge < -0.3 is 11.1 Å². The summed E-state index contributed by atoms with van der Waals surface area (Å²) < 4.78 is 3.15. The smallest absolute Gasteiger partial charge is 0.260 e. The third-order valence-corrected chi connectivity index (χ3v) is 2.68. The Morgan fingerprint density at radius 2 is 2.22 bits per heavy atom. The van der Waals surface area contributed by atoms with E-state index in [-0.39, 0.29) is 5.91 Å². The average Bonchev–Trinajstić information content (AvgIpc) is 2.86. The standard InChI is InChI=1S/C11H16N6O/c1-4-9-7(6-16(2)15-9)11(18)14-10-8(12)5-13-17(10)3/h5-6H,4,12H2,1-3H3,(H,14,18). The van der Waals surface area contributed by atoms with Gasteiger partial charge in [-0.3, -0.25) is 14.2 Å². The third kappa shape index (κ3) is 2.06. The van der Waals surface area contributed by atoms with Gasteiger partial charge >= 0.3 is 0 Å². The highest BCUT2D eigenvalue weighted by Crippen LogP contribution is 2.18. The maximum atomic E-state index is 12.1. The normalized spacial score (nSPS) is 10.6. The summed E-state index contributed by atoms with van der Waals surface area (Å²) >= 11 is 0. The van der Waals surface area contributed by atoms with Crippen molar-refractivity contribution in [1.82, 2.24) is 19.6 Å². The molecular weight excluding hydrogens is 232 g/mol. The van der Waals surface area contributed by atoms with Gasteiger partial charge in [-0.15, -0.1) is 0 Å². The quantitative estimate of drug-likeness (QED) is 0.830. The zero-order valence-electron chi connectivity index (χ0n) is 10.6. The summed E-state index contributed by atoms with van der Waals surface area (Å²) in [5, 5.41) is 10.9. The Morgan fingerprint density at radius 3 is 2.78 bits per heavy atom. The number of hydrogen-bond acceptors (Lipinski definition) is 4. The predicted octanol–water partition coefficient (Wildman–Crippen LogP) is 0.550. The van der Waals surface area contributed by atoms with Crippen LogP contribution in [0.5, 0.6) is 0 Å². The van der Waals surface area contributed by atoms with E-state index in [0.717, 1.165) is 5.69 Å². The summed E-state index contributed by atoms with van der Waals surface area (Å²) in [5.41, 5.74) is 7.48. The molecule has 0 aromatic carbocycles. The minimum absolute atomic E-state index is 0.227. The Morgan fingerprint density at radius 1 is 1.50 bits per heavy atom. The number of carbonyl (C=O) groups excluding carboxylic acids is 1. The second-order valence-electron chi connectivity index (χ2n) is 4.04. The second-order valence-corrected chi connectivity index (χ2v) is 4.04. The van der Waals surface area contributed by atoms with Crippen LogP contribution in [0.1, 0.15) is 23.0 Å². The highest BCUT2D eigenvalue weighted by Gasteiger charge is 2.16. The van der Waals surface area contributed by atoms with Crippen molar-refractivity contribution in [2.75, 3.05) is 11.1 Å². The molecule has 2 rings (SSSR count). The first kappa shape index (κ1) is 12.2. The first-order valence-electron chi connectivity index (χ1n) is 5.64. The van der Waals surface area contributed by atoms with Crippen LogP contribution in [-0.2, 0) is 20.5 Å². The van der Waals surface area contributed by atoms with Crippen LogP contribution in [0.2, 0.25) is 0 Å². The Balaban J connectivity index is 2.27.